The molecule has 9 heavy (non-hydrogen) atoms. The van der Waals surface area contributed by atoms with Crippen molar-refractivity contribution in [1.29, 1.82) is 0 Å². The first-order chi connectivity index (χ1) is 4.24. The van der Waals surface area contributed by atoms with Gasteiger partial charge in [0.15, 0.2) is 0 Å². The lowest BCUT2D eigenvalue weighted by Crippen LogP contribution is -2.27. The molecule has 1 amide bonds. The van der Waals surface area contributed by atoms with Gasteiger partial charge in [-0.3, -0.25) is 0 Å². The summed E-state index contributed by atoms with van der Waals surface area (Å²) in [5.41, 5.74) is 0. The molecule has 0 aliphatic carbocycles. The molecule has 0 radical (unpaired) electrons. The average Bonchev–Trinajstić information content (AvgIpc) is 2.10. The number of hydrogen-bond donors (Lipinski definition) is 1. The highest BCUT2D eigenvalue weighted by molar-refractivity contribution is 5.70. The Morgan fingerprint density at radius 3 is 2.67 bits per heavy atom. The van der Waals surface area contributed by atoms with E-state index in [9.17, 15) is 4.79 Å². The Hall–Kier alpha value is -0.730. The smallest absolute Gasteiger partial charge is 0.407 e. The van der Waals surface area contributed by atoms with Gasteiger partial charge in [0.25, 0.3) is 0 Å². The molecule has 1 fully saturated rings. The first-order valence-corrected chi connectivity index (χ1v) is 3.21. The molecule has 0 saturated carbocycles. The second-order valence-electron chi connectivity index (χ2n) is 2.29. The van der Waals surface area contributed by atoms with Crippen molar-refractivity contribution in [2.45, 2.75) is 32.4 Å². The SMILES string of the molecule is CCC1OC(=O)NC1C. The van der Waals surface area contributed by atoms with E-state index in [1.807, 2.05) is 13.8 Å². The van der Waals surface area contributed by atoms with E-state index in [2.05, 4.69) is 5.32 Å². The molecule has 0 bridgehead atoms. The van der Waals surface area contributed by atoms with Crippen LogP contribution >= 0.6 is 0 Å². The summed E-state index contributed by atoms with van der Waals surface area (Å²) in [5, 5.41) is 2.66. The van der Waals surface area contributed by atoms with E-state index in [1.165, 1.54) is 0 Å². The standard InChI is InChI=1S/C6H11NO2/c1-3-5-4(2)7-6(8)9-5/h4-5H,3H2,1-2H3,(H,7,8). The molecule has 1 aliphatic rings. The van der Waals surface area contributed by atoms with E-state index >= 15 is 0 Å². The van der Waals surface area contributed by atoms with Crippen molar-refractivity contribution < 1.29 is 9.53 Å². The fraction of sp³-hybridized carbons (Fsp3) is 0.833. The molecule has 0 aromatic carbocycles. The molecule has 1 N–H and O–H groups in total. The van der Waals surface area contributed by atoms with Crippen molar-refractivity contribution in [2.24, 2.45) is 0 Å². The number of ether oxygens (including phenoxy) is 1. The molecule has 0 aromatic heterocycles. The van der Waals surface area contributed by atoms with Gasteiger partial charge in [-0.05, 0) is 13.3 Å². The minimum atomic E-state index is -0.283. The Balaban J connectivity index is 2.47. The molecular formula is C6H11NO2. The number of hydrogen-bond acceptors (Lipinski definition) is 2. The summed E-state index contributed by atoms with van der Waals surface area (Å²) in [4.78, 5) is 10.5. The third-order valence-electron chi connectivity index (χ3n) is 1.56. The van der Waals surface area contributed by atoms with Gasteiger partial charge < -0.3 is 10.1 Å². The zero-order valence-corrected chi connectivity index (χ0v) is 5.68. The van der Waals surface area contributed by atoms with Gasteiger partial charge in [0, 0.05) is 0 Å². The molecule has 1 heterocycles. The highest BCUT2D eigenvalue weighted by atomic mass is 16.6. The van der Waals surface area contributed by atoms with E-state index in [1.54, 1.807) is 0 Å². The van der Waals surface area contributed by atoms with E-state index < -0.39 is 0 Å². The third-order valence-corrected chi connectivity index (χ3v) is 1.56. The number of nitrogens with one attached hydrogen (secondary N) is 1. The quantitative estimate of drug-likeness (QED) is 0.571. The second kappa shape index (κ2) is 2.25. The number of cyclic esters (lactones) is 1. The summed E-state index contributed by atoms with van der Waals surface area (Å²) in [6.45, 7) is 3.94. The largest absolute Gasteiger partial charge is 0.444 e. The Morgan fingerprint density at radius 2 is 2.44 bits per heavy atom. The van der Waals surface area contributed by atoms with Crippen molar-refractivity contribution >= 4 is 6.09 Å². The molecule has 0 spiro atoms. The summed E-state index contributed by atoms with van der Waals surface area (Å²) in [5.74, 6) is 0. The number of carbonyl (C=O) groups excluding carboxylic acids is 1. The number of alkyl carbamates (subject to hydrolysis) is 1. The van der Waals surface area contributed by atoms with Crippen LogP contribution in [0.15, 0.2) is 0 Å². The van der Waals surface area contributed by atoms with Gasteiger partial charge in [0.05, 0.1) is 6.04 Å². The number of amides is 1. The van der Waals surface area contributed by atoms with Crippen LogP contribution in [0.4, 0.5) is 4.79 Å². The van der Waals surface area contributed by atoms with Crippen LogP contribution in [0.3, 0.4) is 0 Å². The lowest BCUT2D eigenvalue weighted by molar-refractivity contribution is 0.131. The first-order valence-electron chi connectivity index (χ1n) is 3.21. The molecule has 52 valence electrons. The molecule has 1 aliphatic heterocycles. The summed E-state index contributed by atoms with van der Waals surface area (Å²) in [6, 6.07) is 0.183. The monoisotopic (exact) mass is 129 g/mol. The van der Waals surface area contributed by atoms with Crippen LogP contribution in [0.1, 0.15) is 20.3 Å². The van der Waals surface area contributed by atoms with E-state index in [-0.39, 0.29) is 18.2 Å². The van der Waals surface area contributed by atoms with Crippen molar-refractivity contribution in [2.75, 3.05) is 0 Å². The topological polar surface area (TPSA) is 38.3 Å². The van der Waals surface area contributed by atoms with Crippen molar-refractivity contribution in [1.82, 2.24) is 5.32 Å². The van der Waals surface area contributed by atoms with Crippen LogP contribution < -0.4 is 5.32 Å². The van der Waals surface area contributed by atoms with Gasteiger partial charge in [0.1, 0.15) is 6.10 Å². The van der Waals surface area contributed by atoms with E-state index in [0.717, 1.165) is 6.42 Å². The van der Waals surface area contributed by atoms with Crippen LogP contribution in [-0.4, -0.2) is 18.2 Å². The number of carbonyl (C=O) groups is 1. The average molecular weight is 129 g/mol. The molecule has 1 saturated heterocycles. The molecule has 0 aromatic rings. The fourth-order valence-electron chi connectivity index (χ4n) is 0.989. The molecule has 2 atom stereocenters. The van der Waals surface area contributed by atoms with Crippen LogP contribution in [-0.2, 0) is 4.74 Å². The maximum Gasteiger partial charge on any atom is 0.407 e. The molecule has 3 heteroatoms. The van der Waals surface area contributed by atoms with Gasteiger partial charge >= 0.3 is 6.09 Å². The van der Waals surface area contributed by atoms with Crippen LogP contribution in [0.5, 0.6) is 0 Å². The summed E-state index contributed by atoms with van der Waals surface area (Å²) >= 11 is 0. The van der Waals surface area contributed by atoms with Crippen LogP contribution in [0.25, 0.3) is 0 Å². The Labute approximate surface area is 54.4 Å². The fourth-order valence-corrected chi connectivity index (χ4v) is 0.989. The highest BCUT2D eigenvalue weighted by Crippen LogP contribution is 2.10. The Kier molecular flexibility index (Phi) is 1.60. The zero-order valence-electron chi connectivity index (χ0n) is 5.68. The molecule has 2 unspecified atom stereocenters. The zero-order chi connectivity index (χ0) is 6.85. The molecular weight excluding hydrogens is 118 g/mol. The third kappa shape index (κ3) is 1.15. The van der Waals surface area contributed by atoms with Gasteiger partial charge in [-0.15, -0.1) is 0 Å². The van der Waals surface area contributed by atoms with Crippen molar-refractivity contribution in [3.63, 3.8) is 0 Å². The predicted octanol–water partition coefficient (Wildman–Crippen LogP) is 0.893. The minimum absolute atomic E-state index is 0.0810. The van der Waals surface area contributed by atoms with Crippen molar-refractivity contribution in [3.8, 4) is 0 Å². The maximum absolute atomic E-state index is 10.5. The summed E-state index contributed by atoms with van der Waals surface area (Å²) < 4.78 is 4.87. The van der Waals surface area contributed by atoms with Crippen LogP contribution in [0, 0.1) is 0 Å². The van der Waals surface area contributed by atoms with Gasteiger partial charge in [-0.25, -0.2) is 4.79 Å². The van der Waals surface area contributed by atoms with Gasteiger partial charge in [-0.1, -0.05) is 6.92 Å². The molecule has 1 rings (SSSR count). The minimum Gasteiger partial charge on any atom is -0.444 e. The number of rotatable bonds is 1. The molecule has 3 nitrogen and oxygen atoms in total. The lowest BCUT2D eigenvalue weighted by atomic mass is 10.1. The lowest BCUT2D eigenvalue weighted by Gasteiger charge is -2.07. The van der Waals surface area contributed by atoms with Gasteiger partial charge in [-0.2, -0.15) is 0 Å². The Morgan fingerprint density at radius 1 is 1.78 bits per heavy atom. The maximum atomic E-state index is 10.5. The second-order valence-corrected chi connectivity index (χ2v) is 2.29. The Bertz CT molecular complexity index is 124. The van der Waals surface area contributed by atoms with E-state index in [0.29, 0.717) is 0 Å². The normalized spacial score (nSPS) is 33.8. The van der Waals surface area contributed by atoms with Crippen molar-refractivity contribution in [3.05, 3.63) is 0 Å². The van der Waals surface area contributed by atoms with Gasteiger partial charge in [0.2, 0.25) is 0 Å². The highest BCUT2D eigenvalue weighted by Gasteiger charge is 2.28. The van der Waals surface area contributed by atoms with E-state index in [4.69, 9.17) is 4.74 Å². The predicted molar refractivity (Wildman–Crippen MR) is 33.2 cm³/mol. The summed E-state index contributed by atoms with van der Waals surface area (Å²) in [6.07, 6.45) is 0.687. The summed E-state index contributed by atoms with van der Waals surface area (Å²) in [7, 11) is 0. The first kappa shape index (κ1) is 6.39. The van der Waals surface area contributed by atoms with Crippen LogP contribution in [0.2, 0.25) is 0 Å².